The Bertz CT molecular complexity index is 428. The van der Waals surface area contributed by atoms with Gasteiger partial charge >= 0.3 is 0 Å². The molecule has 0 aliphatic heterocycles. The minimum Gasteiger partial charge on any atom is -0.490 e. The summed E-state index contributed by atoms with van der Waals surface area (Å²) in [5, 5.41) is 0. The second-order valence-electron chi connectivity index (χ2n) is 6.00. The third-order valence-electron chi connectivity index (χ3n) is 4.43. The second-order valence-corrected chi connectivity index (χ2v) is 6.00. The molecule has 1 saturated carbocycles. The zero-order valence-electron chi connectivity index (χ0n) is 12.5. The van der Waals surface area contributed by atoms with E-state index in [0.29, 0.717) is 12.0 Å². The molecule has 2 nitrogen and oxygen atoms in total. The van der Waals surface area contributed by atoms with Gasteiger partial charge in [0.1, 0.15) is 11.9 Å². The van der Waals surface area contributed by atoms with Crippen LogP contribution in [-0.4, -0.2) is 12.6 Å². The average molecular weight is 261 g/mol. The van der Waals surface area contributed by atoms with E-state index >= 15 is 0 Å². The fraction of sp³-hybridized carbons (Fsp3) is 0.647. The first kappa shape index (κ1) is 14.4. The third-order valence-corrected chi connectivity index (χ3v) is 4.43. The molecule has 0 saturated heterocycles. The highest BCUT2D eigenvalue weighted by molar-refractivity contribution is 5.42. The molecule has 0 spiro atoms. The molecule has 0 amide bonds. The summed E-state index contributed by atoms with van der Waals surface area (Å²) in [4.78, 5) is 0. The summed E-state index contributed by atoms with van der Waals surface area (Å²) in [5.41, 5.74) is 9.79. The number of hydrogen-bond donors (Lipinski definition) is 1. The zero-order valence-corrected chi connectivity index (χ0v) is 12.5. The quantitative estimate of drug-likeness (QED) is 0.838. The molecule has 0 radical (unpaired) electrons. The van der Waals surface area contributed by atoms with Crippen LogP contribution in [0.3, 0.4) is 0 Å². The van der Waals surface area contributed by atoms with E-state index in [2.05, 4.69) is 32.9 Å². The number of hydrogen-bond acceptors (Lipinski definition) is 2. The standard InChI is InChI=1S/C17H27NO/c1-12-9-13(2)14(3)17(10-12)19-16-8-6-4-5-7-15(16)11-18/h9-10,15-16H,4-8,11,18H2,1-3H3. The lowest BCUT2D eigenvalue weighted by Gasteiger charge is -2.26. The van der Waals surface area contributed by atoms with Crippen molar-refractivity contribution in [2.24, 2.45) is 11.7 Å². The van der Waals surface area contributed by atoms with Gasteiger partial charge in [-0.1, -0.05) is 18.9 Å². The van der Waals surface area contributed by atoms with Crippen LogP contribution in [0.1, 0.15) is 48.8 Å². The van der Waals surface area contributed by atoms with Crippen LogP contribution in [0.2, 0.25) is 0 Å². The SMILES string of the molecule is Cc1cc(C)c(C)c(OC2CCCCCC2CN)c1. The van der Waals surface area contributed by atoms with Gasteiger partial charge in [0, 0.05) is 5.92 Å². The van der Waals surface area contributed by atoms with Crippen LogP contribution < -0.4 is 10.5 Å². The van der Waals surface area contributed by atoms with Gasteiger partial charge in [0.15, 0.2) is 0 Å². The highest BCUT2D eigenvalue weighted by Crippen LogP contribution is 2.30. The zero-order chi connectivity index (χ0) is 13.8. The first-order valence-electron chi connectivity index (χ1n) is 7.56. The Morgan fingerprint density at radius 2 is 1.84 bits per heavy atom. The molecule has 0 aromatic heterocycles. The molecular formula is C17H27NO. The first-order chi connectivity index (χ1) is 9.11. The summed E-state index contributed by atoms with van der Waals surface area (Å²) >= 11 is 0. The molecule has 1 aliphatic rings. The molecular weight excluding hydrogens is 234 g/mol. The van der Waals surface area contributed by atoms with Crippen molar-refractivity contribution in [3.05, 3.63) is 28.8 Å². The fourth-order valence-corrected chi connectivity index (χ4v) is 3.06. The lowest BCUT2D eigenvalue weighted by atomic mass is 9.97. The van der Waals surface area contributed by atoms with Crippen LogP contribution in [0.15, 0.2) is 12.1 Å². The smallest absolute Gasteiger partial charge is 0.123 e. The summed E-state index contributed by atoms with van der Waals surface area (Å²) in [6.45, 7) is 7.18. The molecule has 19 heavy (non-hydrogen) atoms. The Kier molecular flexibility index (Phi) is 4.87. The molecule has 2 N–H and O–H groups in total. The van der Waals surface area contributed by atoms with E-state index in [4.69, 9.17) is 10.5 Å². The van der Waals surface area contributed by atoms with Crippen LogP contribution >= 0.6 is 0 Å². The molecule has 1 aromatic rings. The maximum absolute atomic E-state index is 6.35. The van der Waals surface area contributed by atoms with E-state index in [1.54, 1.807) is 0 Å². The van der Waals surface area contributed by atoms with E-state index in [0.717, 1.165) is 18.7 Å². The lowest BCUT2D eigenvalue weighted by Crippen LogP contribution is -2.32. The van der Waals surface area contributed by atoms with Gasteiger partial charge in [-0.2, -0.15) is 0 Å². The normalized spacial score (nSPS) is 24.0. The third kappa shape index (κ3) is 3.50. The number of benzene rings is 1. The van der Waals surface area contributed by atoms with E-state index < -0.39 is 0 Å². The number of nitrogens with two attached hydrogens (primary N) is 1. The van der Waals surface area contributed by atoms with Crippen LogP contribution in [0.4, 0.5) is 0 Å². The number of aryl methyl sites for hydroxylation is 2. The van der Waals surface area contributed by atoms with Crippen molar-refractivity contribution in [1.82, 2.24) is 0 Å². The van der Waals surface area contributed by atoms with Gasteiger partial charge in [-0.25, -0.2) is 0 Å². The predicted octanol–water partition coefficient (Wildman–Crippen LogP) is 3.90. The summed E-state index contributed by atoms with van der Waals surface area (Å²) in [7, 11) is 0. The summed E-state index contributed by atoms with van der Waals surface area (Å²) in [5.74, 6) is 1.57. The highest BCUT2D eigenvalue weighted by atomic mass is 16.5. The van der Waals surface area contributed by atoms with Gasteiger partial charge in [0.25, 0.3) is 0 Å². The molecule has 1 aromatic carbocycles. The van der Waals surface area contributed by atoms with Gasteiger partial charge in [0.2, 0.25) is 0 Å². The van der Waals surface area contributed by atoms with Gasteiger partial charge in [-0.05, 0) is 69.3 Å². The second kappa shape index (κ2) is 6.42. The molecule has 2 atom stereocenters. The van der Waals surface area contributed by atoms with E-state index in [1.165, 1.54) is 42.4 Å². The van der Waals surface area contributed by atoms with E-state index in [1.807, 2.05) is 0 Å². The van der Waals surface area contributed by atoms with Crippen molar-refractivity contribution in [3.63, 3.8) is 0 Å². The van der Waals surface area contributed by atoms with Gasteiger partial charge < -0.3 is 10.5 Å². The summed E-state index contributed by atoms with van der Waals surface area (Å²) < 4.78 is 6.35. The minimum absolute atomic E-state index is 0.299. The average Bonchev–Trinajstić information content (AvgIpc) is 2.60. The summed E-state index contributed by atoms with van der Waals surface area (Å²) in [6, 6.07) is 4.39. The first-order valence-corrected chi connectivity index (χ1v) is 7.56. The molecule has 1 fully saturated rings. The van der Waals surface area contributed by atoms with Crippen molar-refractivity contribution in [2.45, 2.75) is 59.0 Å². The fourth-order valence-electron chi connectivity index (χ4n) is 3.06. The molecule has 2 unspecified atom stereocenters. The Morgan fingerprint density at radius 3 is 2.58 bits per heavy atom. The van der Waals surface area contributed by atoms with Crippen LogP contribution in [-0.2, 0) is 0 Å². The van der Waals surface area contributed by atoms with Gasteiger partial charge in [-0.3, -0.25) is 0 Å². The maximum Gasteiger partial charge on any atom is 0.123 e. The maximum atomic E-state index is 6.35. The van der Waals surface area contributed by atoms with Crippen molar-refractivity contribution in [2.75, 3.05) is 6.54 Å². The van der Waals surface area contributed by atoms with Gasteiger partial charge in [-0.15, -0.1) is 0 Å². The molecule has 2 rings (SSSR count). The monoisotopic (exact) mass is 261 g/mol. The van der Waals surface area contributed by atoms with Crippen LogP contribution in [0, 0.1) is 26.7 Å². The molecule has 0 heterocycles. The van der Waals surface area contributed by atoms with Gasteiger partial charge in [0.05, 0.1) is 0 Å². The lowest BCUT2D eigenvalue weighted by molar-refractivity contribution is 0.128. The molecule has 1 aliphatic carbocycles. The minimum atomic E-state index is 0.299. The van der Waals surface area contributed by atoms with E-state index in [-0.39, 0.29) is 0 Å². The highest BCUT2D eigenvalue weighted by Gasteiger charge is 2.24. The molecule has 106 valence electrons. The van der Waals surface area contributed by atoms with Crippen molar-refractivity contribution in [3.8, 4) is 5.75 Å². The van der Waals surface area contributed by atoms with Crippen molar-refractivity contribution < 1.29 is 4.74 Å². The predicted molar refractivity (Wildman–Crippen MR) is 80.7 cm³/mol. The van der Waals surface area contributed by atoms with Crippen molar-refractivity contribution in [1.29, 1.82) is 0 Å². The molecule has 0 bridgehead atoms. The Hall–Kier alpha value is -1.02. The topological polar surface area (TPSA) is 35.2 Å². The van der Waals surface area contributed by atoms with Crippen LogP contribution in [0.25, 0.3) is 0 Å². The Morgan fingerprint density at radius 1 is 1.11 bits per heavy atom. The Labute approximate surface area is 117 Å². The van der Waals surface area contributed by atoms with Crippen LogP contribution in [0.5, 0.6) is 5.75 Å². The summed E-state index contributed by atoms with van der Waals surface area (Å²) in [6.07, 6.45) is 6.55. The van der Waals surface area contributed by atoms with E-state index in [9.17, 15) is 0 Å². The number of rotatable bonds is 3. The van der Waals surface area contributed by atoms with Crippen molar-refractivity contribution >= 4 is 0 Å². The molecule has 2 heteroatoms. The number of ether oxygens (including phenoxy) is 1. The largest absolute Gasteiger partial charge is 0.490 e. The Balaban J connectivity index is 2.18.